The average molecular weight is 458 g/mol. The Morgan fingerprint density at radius 3 is 2.39 bits per heavy atom. The number of hydrogen-bond donors (Lipinski definition) is 2. The molecule has 2 saturated heterocycles. The summed E-state index contributed by atoms with van der Waals surface area (Å²) < 4.78 is 0. The molecule has 1 unspecified atom stereocenters. The van der Waals surface area contributed by atoms with E-state index in [1.54, 1.807) is 21.9 Å². The van der Waals surface area contributed by atoms with Crippen molar-refractivity contribution in [3.63, 3.8) is 0 Å². The highest BCUT2D eigenvalue weighted by atomic mass is 16.2. The van der Waals surface area contributed by atoms with Gasteiger partial charge in [-0.2, -0.15) is 0 Å². The minimum absolute atomic E-state index is 0.0113. The van der Waals surface area contributed by atoms with Crippen molar-refractivity contribution in [2.75, 3.05) is 38.6 Å². The lowest BCUT2D eigenvalue weighted by Crippen LogP contribution is -2.53. The number of likely N-dealkylation sites (tertiary alicyclic amines) is 2. The summed E-state index contributed by atoms with van der Waals surface area (Å²) in [5.74, 6) is -0.717. The molecular weight excluding hydrogens is 422 g/mol. The highest BCUT2D eigenvalue weighted by molar-refractivity contribution is 6.01. The number of carbonyl (C=O) groups is 4. The van der Waals surface area contributed by atoms with E-state index in [0.717, 1.165) is 5.69 Å². The molecule has 2 heterocycles. The van der Waals surface area contributed by atoms with Gasteiger partial charge in [-0.15, -0.1) is 0 Å². The van der Waals surface area contributed by atoms with Crippen LogP contribution in [0.15, 0.2) is 24.3 Å². The first kappa shape index (κ1) is 24.7. The third kappa shape index (κ3) is 5.35. The Labute approximate surface area is 195 Å². The number of benzene rings is 1. The number of carbonyl (C=O) groups excluding carboxylic acids is 4. The van der Waals surface area contributed by atoms with Crippen LogP contribution in [0.25, 0.3) is 0 Å². The van der Waals surface area contributed by atoms with E-state index >= 15 is 0 Å². The zero-order valence-corrected chi connectivity index (χ0v) is 19.9. The van der Waals surface area contributed by atoms with Crippen molar-refractivity contribution >= 4 is 29.2 Å². The molecule has 0 spiro atoms. The standard InChI is InChI=1S/C24H35N5O4/c1-15(2)13-18(26-23(32)16-5-7-17(8-6-16)27(3)4)24(33)28-12-10-19-22(28)20(30)14-29(19)21(31)9-11-25/h5-8,15,18-19,22H,9-14,25H2,1-4H3,(H,26,32)/t18-,19?,22-/m0/s1. The lowest BCUT2D eigenvalue weighted by atomic mass is 10.0. The second kappa shape index (κ2) is 10.3. The zero-order valence-electron chi connectivity index (χ0n) is 19.9. The first-order chi connectivity index (χ1) is 15.6. The Hall–Kier alpha value is -2.94. The number of fused-ring (bicyclic) bond motifs is 1. The molecule has 0 aromatic heterocycles. The van der Waals surface area contributed by atoms with Crippen LogP contribution in [0.4, 0.5) is 5.69 Å². The van der Waals surface area contributed by atoms with Crippen LogP contribution in [-0.4, -0.2) is 85.2 Å². The summed E-state index contributed by atoms with van der Waals surface area (Å²) in [7, 11) is 3.84. The summed E-state index contributed by atoms with van der Waals surface area (Å²) >= 11 is 0. The molecular formula is C24H35N5O4. The van der Waals surface area contributed by atoms with Crippen molar-refractivity contribution in [3.8, 4) is 0 Å². The third-order valence-electron chi connectivity index (χ3n) is 6.34. The van der Waals surface area contributed by atoms with E-state index < -0.39 is 12.1 Å². The van der Waals surface area contributed by atoms with Crippen molar-refractivity contribution in [2.45, 2.75) is 51.2 Å². The van der Waals surface area contributed by atoms with Gasteiger partial charge in [0.2, 0.25) is 11.8 Å². The van der Waals surface area contributed by atoms with Crippen molar-refractivity contribution in [1.82, 2.24) is 15.1 Å². The molecule has 0 saturated carbocycles. The van der Waals surface area contributed by atoms with Crippen LogP contribution in [-0.2, 0) is 14.4 Å². The Morgan fingerprint density at radius 1 is 1.15 bits per heavy atom. The van der Waals surface area contributed by atoms with E-state index in [1.807, 2.05) is 45.0 Å². The number of ketones is 1. The maximum Gasteiger partial charge on any atom is 0.251 e. The van der Waals surface area contributed by atoms with Crippen LogP contribution in [0, 0.1) is 5.92 Å². The maximum absolute atomic E-state index is 13.5. The van der Waals surface area contributed by atoms with Gasteiger partial charge < -0.3 is 25.8 Å². The van der Waals surface area contributed by atoms with Gasteiger partial charge >= 0.3 is 0 Å². The number of nitrogens with one attached hydrogen (secondary N) is 1. The highest BCUT2D eigenvalue weighted by Gasteiger charge is 2.51. The first-order valence-corrected chi connectivity index (χ1v) is 11.5. The molecule has 3 rings (SSSR count). The van der Waals surface area contributed by atoms with Gasteiger partial charge in [0.1, 0.15) is 12.1 Å². The average Bonchev–Trinajstić information content (AvgIpc) is 3.34. The monoisotopic (exact) mass is 457 g/mol. The molecule has 180 valence electrons. The highest BCUT2D eigenvalue weighted by Crippen LogP contribution is 2.31. The van der Waals surface area contributed by atoms with E-state index in [4.69, 9.17) is 5.73 Å². The molecule has 3 atom stereocenters. The minimum Gasteiger partial charge on any atom is -0.378 e. The quantitative estimate of drug-likeness (QED) is 0.591. The maximum atomic E-state index is 13.5. The van der Waals surface area contributed by atoms with E-state index in [2.05, 4.69) is 5.32 Å². The van der Waals surface area contributed by atoms with Crippen molar-refractivity contribution in [1.29, 1.82) is 0 Å². The normalized spacial score (nSPS) is 20.7. The van der Waals surface area contributed by atoms with Crippen molar-refractivity contribution in [2.24, 2.45) is 11.7 Å². The zero-order chi connectivity index (χ0) is 24.3. The second-order valence-electron chi connectivity index (χ2n) is 9.46. The first-order valence-electron chi connectivity index (χ1n) is 11.5. The molecule has 3 amide bonds. The van der Waals surface area contributed by atoms with E-state index in [9.17, 15) is 19.2 Å². The van der Waals surface area contributed by atoms with Gasteiger partial charge in [-0.1, -0.05) is 13.8 Å². The fourth-order valence-electron chi connectivity index (χ4n) is 4.70. The van der Waals surface area contributed by atoms with Gasteiger partial charge in [-0.25, -0.2) is 0 Å². The van der Waals surface area contributed by atoms with Gasteiger partial charge in [-0.3, -0.25) is 19.2 Å². The number of nitrogens with zero attached hydrogens (tertiary/aromatic N) is 3. The molecule has 33 heavy (non-hydrogen) atoms. The predicted octanol–water partition coefficient (Wildman–Crippen LogP) is 0.627. The Kier molecular flexibility index (Phi) is 7.73. The summed E-state index contributed by atoms with van der Waals surface area (Å²) in [4.78, 5) is 56.6. The van der Waals surface area contributed by atoms with Crippen molar-refractivity contribution < 1.29 is 19.2 Å². The summed E-state index contributed by atoms with van der Waals surface area (Å²) in [6, 6.07) is 5.46. The second-order valence-corrected chi connectivity index (χ2v) is 9.46. The molecule has 9 nitrogen and oxygen atoms in total. The third-order valence-corrected chi connectivity index (χ3v) is 6.34. The SMILES string of the molecule is CC(C)C[C@H](NC(=O)c1ccc(N(C)C)cc1)C(=O)N1CCC2[C@H]1C(=O)CN2C(=O)CCN. The predicted molar refractivity (Wildman–Crippen MR) is 126 cm³/mol. The molecule has 0 aliphatic carbocycles. The largest absolute Gasteiger partial charge is 0.378 e. The molecule has 2 aliphatic rings. The lowest BCUT2D eigenvalue weighted by molar-refractivity contribution is -0.138. The lowest BCUT2D eigenvalue weighted by Gasteiger charge is -2.29. The number of nitrogens with two attached hydrogens (primary N) is 1. The Morgan fingerprint density at radius 2 is 1.82 bits per heavy atom. The van der Waals surface area contributed by atoms with Gasteiger partial charge in [0.05, 0.1) is 12.6 Å². The number of anilines is 1. The molecule has 1 aromatic rings. The van der Waals surface area contributed by atoms with Gasteiger partial charge in [0.15, 0.2) is 5.78 Å². The van der Waals surface area contributed by atoms with Gasteiger partial charge in [0.25, 0.3) is 5.91 Å². The number of amides is 3. The fraction of sp³-hybridized carbons (Fsp3) is 0.583. The number of hydrogen-bond acceptors (Lipinski definition) is 6. The van der Waals surface area contributed by atoms with Crippen LogP contribution in [0.1, 0.15) is 43.5 Å². The van der Waals surface area contributed by atoms with Gasteiger partial charge in [-0.05, 0) is 43.0 Å². The molecule has 2 aliphatic heterocycles. The van der Waals surface area contributed by atoms with Crippen LogP contribution >= 0.6 is 0 Å². The number of Topliss-reactive ketones (excluding diaryl/α,β-unsaturated/α-hetero) is 1. The summed E-state index contributed by atoms with van der Waals surface area (Å²) in [5.41, 5.74) is 6.95. The summed E-state index contributed by atoms with van der Waals surface area (Å²) in [6.07, 6.45) is 1.19. The molecule has 1 aromatic carbocycles. The van der Waals surface area contributed by atoms with Crippen LogP contribution < -0.4 is 16.0 Å². The van der Waals surface area contributed by atoms with Gasteiger partial charge in [0, 0.05) is 44.9 Å². The minimum atomic E-state index is -0.744. The fourth-order valence-corrected chi connectivity index (χ4v) is 4.70. The van der Waals surface area contributed by atoms with E-state index in [1.165, 1.54) is 0 Å². The Balaban J connectivity index is 1.75. The van der Waals surface area contributed by atoms with E-state index in [0.29, 0.717) is 24.9 Å². The number of rotatable bonds is 8. The molecule has 0 bridgehead atoms. The summed E-state index contributed by atoms with van der Waals surface area (Å²) in [5, 5.41) is 2.89. The smallest absolute Gasteiger partial charge is 0.251 e. The topological polar surface area (TPSA) is 116 Å². The van der Waals surface area contributed by atoms with E-state index in [-0.39, 0.29) is 55.0 Å². The Bertz CT molecular complexity index is 899. The van der Waals surface area contributed by atoms with Crippen LogP contribution in [0.5, 0.6) is 0 Å². The summed E-state index contributed by atoms with van der Waals surface area (Å²) in [6.45, 7) is 4.59. The molecule has 0 radical (unpaired) electrons. The molecule has 3 N–H and O–H groups in total. The molecule has 9 heteroatoms. The van der Waals surface area contributed by atoms with Crippen LogP contribution in [0.3, 0.4) is 0 Å². The van der Waals surface area contributed by atoms with Crippen LogP contribution in [0.2, 0.25) is 0 Å². The van der Waals surface area contributed by atoms with Crippen molar-refractivity contribution in [3.05, 3.63) is 29.8 Å². The molecule has 2 fully saturated rings.